The van der Waals surface area contributed by atoms with Crippen LogP contribution in [0.25, 0.3) is 10.9 Å². The van der Waals surface area contributed by atoms with E-state index >= 15 is 0 Å². The summed E-state index contributed by atoms with van der Waals surface area (Å²) >= 11 is 0. The van der Waals surface area contributed by atoms with Crippen LogP contribution in [0.1, 0.15) is 43.5 Å². The van der Waals surface area contributed by atoms with Crippen LogP contribution >= 0.6 is 0 Å². The van der Waals surface area contributed by atoms with Crippen LogP contribution in [0.4, 0.5) is 0 Å². The van der Waals surface area contributed by atoms with E-state index in [2.05, 4.69) is 65.4 Å². The zero-order chi connectivity index (χ0) is 23.9. The molecule has 2 N–H and O–H groups in total. The van der Waals surface area contributed by atoms with Gasteiger partial charge >= 0.3 is 0 Å². The second-order valence-electron chi connectivity index (χ2n) is 9.55. The standard InChI is InChI=1S/C28H37N3O3/c1-20(2)12-15-31-14-6-16-34-27-18-21(9-10-26(27)33-3)17-25-23(11-13-29-28(32)19-31)22-7-4-5-8-24(22)30-25/h4-5,7-10,18,20,30H,6,11-17,19H2,1-3H3,(H,29,32). The lowest BCUT2D eigenvalue weighted by Crippen LogP contribution is -2.39. The first-order valence-corrected chi connectivity index (χ1v) is 12.4. The van der Waals surface area contributed by atoms with E-state index in [1.54, 1.807) is 7.11 Å². The molecule has 182 valence electrons. The molecule has 0 aliphatic carbocycles. The molecule has 1 aromatic heterocycles. The number of rotatable bonds is 4. The molecule has 0 radical (unpaired) electrons. The van der Waals surface area contributed by atoms with E-state index in [1.807, 2.05) is 6.07 Å². The molecule has 1 amide bonds. The van der Waals surface area contributed by atoms with E-state index < -0.39 is 0 Å². The van der Waals surface area contributed by atoms with Gasteiger partial charge in [-0.2, -0.15) is 0 Å². The van der Waals surface area contributed by atoms with E-state index in [0.717, 1.165) is 55.8 Å². The minimum Gasteiger partial charge on any atom is -0.493 e. The quantitative estimate of drug-likeness (QED) is 0.595. The Morgan fingerprint density at radius 2 is 2.03 bits per heavy atom. The Morgan fingerprint density at radius 1 is 1.18 bits per heavy atom. The topological polar surface area (TPSA) is 66.6 Å². The summed E-state index contributed by atoms with van der Waals surface area (Å²) < 4.78 is 11.7. The van der Waals surface area contributed by atoms with Gasteiger partial charge in [0.2, 0.25) is 5.91 Å². The van der Waals surface area contributed by atoms with Gasteiger partial charge in [-0.05, 0) is 61.1 Å². The highest BCUT2D eigenvalue weighted by Gasteiger charge is 2.16. The second-order valence-corrected chi connectivity index (χ2v) is 9.55. The highest BCUT2D eigenvalue weighted by molar-refractivity contribution is 5.85. The fourth-order valence-electron chi connectivity index (χ4n) is 4.61. The molecular weight excluding hydrogens is 426 g/mol. The molecule has 0 saturated carbocycles. The molecular formula is C28H37N3O3. The number of benzene rings is 2. The molecule has 2 bridgehead atoms. The van der Waals surface area contributed by atoms with Gasteiger partial charge < -0.3 is 19.8 Å². The number of hydrogen-bond donors (Lipinski definition) is 2. The van der Waals surface area contributed by atoms with Crippen LogP contribution in [0.2, 0.25) is 0 Å². The number of nitrogens with one attached hydrogen (secondary N) is 2. The lowest BCUT2D eigenvalue weighted by Gasteiger charge is -2.23. The number of ether oxygens (including phenoxy) is 2. The number of aromatic nitrogens is 1. The fraction of sp³-hybridized carbons (Fsp3) is 0.464. The molecule has 3 aromatic rings. The van der Waals surface area contributed by atoms with Crippen LogP contribution in [0, 0.1) is 5.92 Å². The van der Waals surface area contributed by atoms with Crippen LogP contribution < -0.4 is 14.8 Å². The zero-order valence-electron chi connectivity index (χ0n) is 20.7. The molecule has 0 unspecified atom stereocenters. The fourth-order valence-corrected chi connectivity index (χ4v) is 4.61. The Morgan fingerprint density at radius 3 is 2.85 bits per heavy atom. The number of para-hydroxylation sites is 1. The number of hydrogen-bond acceptors (Lipinski definition) is 4. The molecule has 2 aromatic carbocycles. The molecule has 2 heterocycles. The number of H-pyrrole nitrogens is 1. The van der Waals surface area contributed by atoms with E-state index in [0.29, 0.717) is 25.6 Å². The first-order valence-electron chi connectivity index (χ1n) is 12.4. The lowest BCUT2D eigenvalue weighted by molar-refractivity contribution is -0.122. The lowest BCUT2D eigenvalue weighted by atomic mass is 10.0. The normalized spacial score (nSPS) is 16.2. The Labute approximate surface area is 202 Å². The number of aromatic amines is 1. The highest BCUT2D eigenvalue weighted by atomic mass is 16.5. The SMILES string of the molecule is COc1ccc2cc1OCCCN(CCC(C)C)CC(=O)NCCc1c([nH]c3ccccc13)C2. The van der Waals surface area contributed by atoms with Gasteiger partial charge in [0.05, 0.1) is 20.3 Å². The smallest absolute Gasteiger partial charge is 0.234 e. The summed E-state index contributed by atoms with van der Waals surface area (Å²) in [4.78, 5) is 18.6. The predicted molar refractivity (Wildman–Crippen MR) is 137 cm³/mol. The van der Waals surface area contributed by atoms with E-state index in [9.17, 15) is 4.79 Å². The first-order chi connectivity index (χ1) is 16.5. The Bertz CT molecular complexity index is 1110. The molecule has 4 rings (SSSR count). The van der Waals surface area contributed by atoms with Crippen LogP contribution in [0.3, 0.4) is 0 Å². The van der Waals surface area contributed by atoms with Gasteiger partial charge in [-0.1, -0.05) is 38.1 Å². The molecule has 0 atom stereocenters. The van der Waals surface area contributed by atoms with Crippen molar-refractivity contribution in [2.75, 3.05) is 39.9 Å². The third kappa shape index (κ3) is 6.11. The molecule has 0 fully saturated rings. The van der Waals surface area contributed by atoms with Crippen molar-refractivity contribution in [3.63, 3.8) is 0 Å². The van der Waals surface area contributed by atoms with Gasteiger partial charge in [-0.3, -0.25) is 9.69 Å². The largest absolute Gasteiger partial charge is 0.493 e. The van der Waals surface area contributed by atoms with E-state index in [4.69, 9.17) is 9.47 Å². The summed E-state index contributed by atoms with van der Waals surface area (Å²) in [7, 11) is 1.68. The summed E-state index contributed by atoms with van der Waals surface area (Å²) in [5, 5.41) is 4.37. The van der Waals surface area contributed by atoms with E-state index in [-0.39, 0.29) is 5.91 Å². The summed E-state index contributed by atoms with van der Waals surface area (Å²) in [6, 6.07) is 14.6. The maximum Gasteiger partial charge on any atom is 0.234 e. The predicted octanol–water partition coefficient (Wildman–Crippen LogP) is 4.56. The van der Waals surface area contributed by atoms with Gasteiger partial charge in [0, 0.05) is 36.1 Å². The third-order valence-electron chi connectivity index (χ3n) is 6.47. The molecule has 6 heteroatoms. The molecule has 34 heavy (non-hydrogen) atoms. The van der Waals surface area contributed by atoms with Gasteiger partial charge in [0.25, 0.3) is 0 Å². The average molecular weight is 464 g/mol. The number of methoxy groups -OCH3 is 1. The van der Waals surface area contributed by atoms with E-state index in [1.165, 1.54) is 22.2 Å². The summed E-state index contributed by atoms with van der Waals surface area (Å²) in [6.45, 7) is 7.81. The summed E-state index contributed by atoms with van der Waals surface area (Å²) in [5.74, 6) is 2.21. The van der Waals surface area contributed by atoms with Gasteiger partial charge in [-0.25, -0.2) is 0 Å². The maximum absolute atomic E-state index is 12.8. The molecule has 0 spiro atoms. The average Bonchev–Trinajstić information content (AvgIpc) is 3.16. The number of amides is 1. The van der Waals surface area contributed by atoms with Gasteiger partial charge in [0.15, 0.2) is 11.5 Å². The monoisotopic (exact) mass is 463 g/mol. The van der Waals surface area contributed by atoms with Crippen LogP contribution in [0.15, 0.2) is 42.5 Å². The van der Waals surface area contributed by atoms with Gasteiger partial charge in [0.1, 0.15) is 0 Å². The Hall–Kier alpha value is -2.99. The van der Waals surface area contributed by atoms with Crippen LogP contribution in [-0.4, -0.2) is 55.7 Å². The zero-order valence-corrected chi connectivity index (χ0v) is 20.7. The third-order valence-corrected chi connectivity index (χ3v) is 6.47. The summed E-state index contributed by atoms with van der Waals surface area (Å²) in [6.07, 6.45) is 3.48. The van der Waals surface area contributed by atoms with Crippen molar-refractivity contribution in [1.29, 1.82) is 0 Å². The van der Waals surface area contributed by atoms with Crippen molar-refractivity contribution in [3.05, 3.63) is 59.3 Å². The number of nitrogens with zero attached hydrogens (tertiary/aromatic N) is 1. The highest BCUT2D eigenvalue weighted by Crippen LogP contribution is 2.31. The number of carbonyl (C=O) groups excluding carboxylic acids is 1. The van der Waals surface area contributed by atoms with Crippen molar-refractivity contribution >= 4 is 16.8 Å². The maximum atomic E-state index is 12.8. The number of carbonyl (C=O) groups is 1. The second kappa shape index (κ2) is 11.4. The molecule has 0 saturated heterocycles. The molecule has 1 aliphatic rings. The minimum absolute atomic E-state index is 0.0880. The minimum atomic E-state index is 0.0880. The van der Waals surface area contributed by atoms with Crippen molar-refractivity contribution < 1.29 is 14.3 Å². The van der Waals surface area contributed by atoms with Crippen molar-refractivity contribution in [2.45, 2.75) is 39.5 Å². The van der Waals surface area contributed by atoms with Crippen LogP contribution in [0.5, 0.6) is 11.5 Å². The molecule has 6 nitrogen and oxygen atoms in total. The van der Waals surface area contributed by atoms with Gasteiger partial charge in [-0.15, -0.1) is 0 Å². The van der Waals surface area contributed by atoms with Crippen molar-refractivity contribution in [1.82, 2.24) is 15.2 Å². The number of fused-ring (bicyclic) bond motifs is 5. The summed E-state index contributed by atoms with van der Waals surface area (Å²) in [5.41, 5.74) is 4.73. The molecule has 1 aliphatic heterocycles. The van der Waals surface area contributed by atoms with Crippen LogP contribution in [-0.2, 0) is 17.6 Å². The first kappa shape index (κ1) is 24.1. The van der Waals surface area contributed by atoms with Crippen molar-refractivity contribution in [2.24, 2.45) is 5.92 Å². The Kier molecular flexibility index (Phi) is 8.12. The Balaban J connectivity index is 1.62. The van der Waals surface area contributed by atoms with Crippen molar-refractivity contribution in [3.8, 4) is 11.5 Å².